The van der Waals surface area contributed by atoms with Crippen LogP contribution in [-0.4, -0.2) is 16.5 Å². The van der Waals surface area contributed by atoms with E-state index in [2.05, 4.69) is 22.2 Å². The molecule has 0 saturated heterocycles. The van der Waals surface area contributed by atoms with Crippen LogP contribution in [0.5, 0.6) is 0 Å². The summed E-state index contributed by atoms with van der Waals surface area (Å²) in [6, 6.07) is 9.79. The lowest BCUT2D eigenvalue weighted by molar-refractivity contribution is 0.660. The zero-order valence-corrected chi connectivity index (χ0v) is 13.0. The van der Waals surface area contributed by atoms with E-state index in [1.54, 1.807) is 11.8 Å². The van der Waals surface area contributed by atoms with E-state index in [4.69, 9.17) is 11.6 Å². The Bertz CT molecular complexity index is 548. The number of benzene rings is 1. The van der Waals surface area contributed by atoms with E-state index >= 15 is 0 Å². The first kappa shape index (κ1) is 15.3. The van der Waals surface area contributed by atoms with Gasteiger partial charge in [-0.2, -0.15) is 0 Å². The lowest BCUT2D eigenvalue weighted by Crippen LogP contribution is -2.15. The molecule has 5 heteroatoms. The van der Waals surface area contributed by atoms with Gasteiger partial charge in [0.2, 0.25) is 0 Å². The van der Waals surface area contributed by atoms with Gasteiger partial charge in [0.1, 0.15) is 5.82 Å². The molecule has 3 nitrogen and oxygen atoms in total. The molecule has 1 heterocycles. The Morgan fingerprint density at radius 1 is 1.30 bits per heavy atom. The molecular formula is C15H18ClN3S. The van der Waals surface area contributed by atoms with Gasteiger partial charge in [-0.1, -0.05) is 24.6 Å². The fraction of sp³-hybridized carbons (Fsp3) is 0.333. The summed E-state index contributed by atoms with van der Waals surface area (Å²) in [6.07, 6.45) is 2.95. The minimum absolute atomic E-state index is 0.752. The number of hydrogen-bond acceptors (Lipinski definition) is 4. The Labute approximate surface area is 129 Å². The van der Waals surface area contributed by atoms with Crippen molar-refractivity contribution in [1.82, 2.24) is 15.3 Å². The molecule has 0 fully saturated rings. The lowest BCUT2D eigenvalue weighted by Gasteiger charge is -2.05. The summed E-state index contributed by atoms with van der Waals surface area (Å²) in [7, 11) is 0. The van der Waals surface area contributed by atoms with Gasteiger partial charge in [-0.25, -0.2) is 9.97 Å². The van der Waals surface area contributed by atoms with E-state index in [9.17, 15) is 0 Å². The summed E-state index contributed by atoms with van der Waals surface area (Å²) in [5.41, 5.74) is 1.04. The highest BCUT2D eigenvalue weighted by atomic mass is 35.5. The maximum Gasteiger partial charge on any atom is 0.138 e. The van der Waals surface area contributed by atoms with E-state index in [-0.39, 0.29) is 0 Å². The van der Waals surface area contributed by atoms with Crippen LogP contribution in [0.2, 0.25) is 5.02 Å². The number of rotatable bonds is 7. The van der Waals surface area contributed by atoms with Crippen molar-refractivity contribution in [3.05, 3.63) is 53.1 Å². The van der Waals surface area contributed by atoms with Crippen molar-refractivity contribution in [2.24, 2.45) is 0 Å². The maximum atomic E-state index is 5.97. The minimum Gasteiger partial charge on any atom is -0.311 e. The molecule has 1 N–H and O–H groups in total. The fourth-order valence-electron chi connectivity index (χ4n) is 1.71. The average Bonchev–Trinajstić information content (AvgIpc) is 2.46. The second kappa shape index (κ2) is 8.25. The van der Waals surface area contributed by atoms with Crippen LogP contribution in [-0.2, 0) is 12.3 Å². The van der Waals surface area contributed by atoms with Gasteiger partial charge >= 0.3 is 0 Å². The highest BCUT2D eigenvalue weighted by Crippen LogP contribution is 2.23. The van der Waals surface area contributed by atoms with Crippen LogP contribution < -0.4 is 5.32 Å². The zero-order chi connectivity index (χ0) is 14.2. The molecule has 106 valence electrons. The van der Waals surface area contributed by atoms with Gasteiger partial charge in [0.05, 0.1) is 11.4 Å². The molecule has 1 aromatic heterocycles. The van der Waals surface area contributed by atoms with Crippen molar-refractivity contribution >= 4 is 23.4 Å². The predicted octanol–water partition coefficient (Wildman–Crippen LogP) is 3.92. The van der Waals surface area contributed by atoms with Crippen LogP contribution >= 0.6 is 23.4 Å². The highest BCUT2D eigenvalue weighted by Gasteiger charge is 2.01. The summed E-state index contributed by atoms with van der Waals surface area (Å²) in [5.74, 6) is 1.60. The molecule has 1 aromatic carbocycles. The van der Waals surface area contributed by atoms with E-state index < -0.39 is 0 Å². The quantitative estimate of drug-likeness (QED) is 0.621. The summed E-state index contributed by atoms with van der Waals surface area (Å²) < 4.78 is 0. The van der Waals surface area contributed by atoms with Gasteiger partial charge in [0, 0.05) is 22.7 Å². The highest BCUT2D eigenvalue weighted by molar-refractivity contribution is 7.98. The Hall–Kier alpha value is -1.10. The third kappa shape index (κ3) is 5.12. The minimum atomic E-state index is 0.752. The molecule has 0 atom stereocenters. The number of hydrogen-bond donors (Lipinski definition) is 1. The van der Waals surface area contributed by atoms with Crippen molar-refractivity contribution < 1.29 is 0 Å². The van der Waals surface area contributed by atoms with Gasteiger partial charge in [-0.3, -0.25) is 0 Å². The van der Waals surface area contributed by atoms with Gasteiger partial charge in [-0.15, -0.1) is 11.8 Å². The average molecular weight is 308 g/mol. The lowest BCUT2D eigenvalue weighted by atomic mass is 10.4. The number of aromatic nitrogens is 2. The largest absolute Gasteiger partial charge is 0.311 e. The smallest absolute Gasteiger partial charge is 0.138 e. The number of thioether (sulfide) groups is 1. The first-order valence-electron chi connectivity index (χ1n) is 6.68. The summed E-state index contributed by atoms with van der Waals surface area (Å²) in [5, 5.41) is 4.10. The van der Waals surface area contributed by atoms with Crippen molar-refractivity contribution in [2.45, 2.75) is 30.5 Å². The van der Waals surface area contributed by atoms with Crippen LogP contribution in [0, 0.1) is 0 Å². The molecule has 0 spiro atoms. The fourth-order valence-corrected chi connectivity index (χ4v) is 2.78. The third-order valence-corrected chi connectivity index (χ3v) is 3.88. The standard InChI is InChI=1S/C15H18ClN3S/c1-2-7-17-10-13-6-8-18-15(19-13)11-20-14-5-3-4-12(16)9-14/h3-6,8-9,17H,2,7,10-11H2,1H3. The van der Waals surface area contributed by atoms with Crippen molar-refractivity contribution in [2.75, 3.05) is 6.54 Å². The summed E-state index contributed by atoms with van der Waals surface area (Å²) in [6.45, 7) is 3.96. The van der Waals surface area contributed by atoms with Crippen LogP contribution in [0.25, 0.3) is 0 Å². The summed E-state index contributed by atoms with van der Waals surface area (Å²) in [4.78, 5) is 10.0. The molecule has 0 amide bonds. The topological polar surface area (TPSA) is 37.8 Å². The van der Waals surface area contributed by atoms with E-state index in [0.29, 0.717) is 0 Å². The molecule has 0 aliphatic rings. The molecule has 2 rings (SSSR count). The number of nitrogens with zero attached hydrogens (tertiary/aromatic N) is 2. The maximum absolute atomic E-state index is 5.97. The van der Waals surface area contributed by atoms with Gasteiger partial charge < -0.3 is 5.32 Å². The van der Waals surface area contributed by atoms with Crippen LogP contribution in [0.4, 0.5) is 0 Å². The van der Waals surface area contributed by atoms with Crippen molar-refractivity contribution in [1.29, 1.82) is 0 Å². The molecule has 0 bridgehead atoms. The second-order valence-corrected chi connectivity index (χ2v) is 5.87. The second-order valence-electron chi connectivity index (χ2n) is 4.39. The number of halogens is 1. The molecule has 0 radical (unpaired) electrons. The molecule has 2 aromatic rings. The van der Waals surface area contributed by atoms with Crippen LogP contribution in [0.3, 0.4) is 0 Å². The van der Waals surface area contributed by atoms with E-state index in [1.165, 1.54) is 0 Å². The third-order valence-electron chi connectivity index (χ3n) is 2.66. The Morgan fingerprint density at radius 2 is 2.20 bits per heavy atom. The monoisotopic (exact) mass is 307 g/mol. The normalized spacial score (nSPS) is 10.7. The van der Waals surface area contributed by atoms with E-state index in [1.807, 2.05) is 36.5 Å². The Morgan fingerprint density at radius 3 is 3.00 bits per heavy atom. The van der Waals surface area contributed by atoms with Crippen LogP contribution in [0.1, 0.15) is 24.9 Å². The molecule has 0 unspecified atom stereocenters. The van der Waals surface area contributed by atoms with Crippen molar-refractivity contribution in [3.8, 4) is 0 Å². The molecular weight excluding hydrogens is 290 g/mol. The first-order valence-corrected chi connectivity index (χ1v) is 8.04. The molecule has 20 heavy (non-hydrogen) atoms. The summed E-state index contributed by atoms with van der Waals surface area (Å²) >= 11 is 7.66. The Kier molecular flexibility index (Phi) is 6.30. The van der Waals surface area contributed by atoms with Gasteiger partial charge in [0.15, 0.2) is 0 Å². The molecule has 0 saturated carbocycles. The molecule has 0 aliphatic carbocycles. The van der Waals surface area contributed by atoms with E-state index in [0.717, 1.165) is 46.7 Å². The van der Waals surface area contributed by atoms with Crippen LogP contribution in [0.15, 0.2) is 41.4 Å². The van der Waals surface area contributed by atoms with Gasteiger partial charge in [-0.05, 0) is 37.2 Å². The first-order chi connectivity index (χ1) is 9.78. The zero-order valence-electron chi connectivity index (χ0n) is 11.5. The Balaban J connectivity index is 1.91. The number of nitrogens with one attached hydrogen (secondary N) is 1. The van der Waals surface area contributed by atoms with Gasteiger partial charge in [0.25, 0.3) is 0 Å². The van der Waals surface area contributed by atoms with Crippen molar-refractivity contribution in [3.63, 3.8) is 0 Å². The SMILES string of the molecule is CCCNCc1ccnc(CSc2cccc(Cl)c2)n1. The predicted molar refractivity (Wildman–Crippen MR) is 85.0 cm³/mol. The molecule has 0 aliphatic heterocycles.